The Kier molecular flexibility index (Phi) is 7.52. The predicted molar refractivity (Wildman–Crippen MR) is 106 cm³/mol. The highest BCUT2D eigenvalue weighted by Gasteiger charge is 2.14. The third-order valence-electron chi connectivity index (χ3n) is 3.14. The molecule has 0 saturated carbocycles. The maximum atomic E-state index is 12.1. The lowest BCUT2D eigenvalue weighted by atomic mass is 10.2. The molecular weight excluding hydrogens is 420 g/mol. The fourth-order valence-electron chi connectivity index (χ4n) is 1.93. The largest absolute Gasteiger partial charge is 0.481 e. The zero-order valence-corrected chi connectivity index (χ0v) is 16.3. The molecule has 2 rings (SSSR count). The van der Waals surface area contributed by atoms with Gasteiger partial charge in [-0.05, 0) is 43.3 Å². The summed E-state index contributed by atoms with van der Waals surface area (Å²) in [4.78, 5) is 12.1. The smallest absolute Gasteiger partial charge is 0.280 e. The van der Waals surface area contributed by atoms with Crippen LogP contribution in [0, 0.1) is 12.3 Å². The second-order valence-electron chi connectivity index (χ2n) is 5.13. The van der Waals surface area contributed by atoms with E-state index in [2.05, 4.69) is 32.4 Å². The van der Waals surface area contributed by atoms with Gasteiger partial charge in [0.25, 0.3) is 5.91 Å². The van der Waals surface area contributed by atoms with Gasteiger partial charge < -0.3 is 9.47 Å². The molecule has 0 aliphatic carbocycles. The average Bonchev–Trinajstić information content (AvgIpc) is 2.61. The molecule has 0 saturated heterocycles. The molecule has 0 aliphatic heterocycles. The zero-order valence-electron chi connectivity index (χ0n) is 13.9. The fraction of sp³-hybridized carbons (Fsp3) is 0.158. The van der Waals surface area contributed by atoms with Gasteiger partial charge in [-0.2, -0.15) is 5.10 Å². The van der Waals surface area contributed by atoms with Gasteiger partial charge in [-0.15, -0.1) is 6.42 Å². The number of ether oxygens (including phenoxy) is 2. The molecule has 5 nitrogen and oxygen atoms in total. The lowest BCUT2D eigenvalue weighted by molar-refractivity contribution is -0.127. The van der Waals surface area contributed by atoms with E-state index in [0.717, 1.165) is 4.47 Å². The van der Waals surface area contributed by atoms with E-state index in [1.807, 2.05) is 6.07 Å². The molecule has 0 bridgehead atoms. The van der Waals surface area contributed by atoms with Crippen LogP contribution in [0.3, 0.4) is 0 Å². The summed E-state index contributed by atoms with van der Waals surface area (Å²) in [5, 5.41) is 4.48. The first-order chi connectivity index (χ1) is 12.5. The maximum Gasteiger partial charge on any atom is 0.280 e. The van der Waals surface area contributed by atoms with Crippen LogP contribution in [0.5, 0.6) is 11.5 Å². The highest BCUT2D eigenvalue weighted by atomic mass is 79.9. The number of rotatable bonds is 7. The summed E-state index contributed by atoms with van der Waals surface area (Å²) >= 11 is 9.27. The second-order valence-corrected chi connectivity index (χ2v) is 6.48. The van der Waals surface area contributed by atoms with Crippen molar-refractivity contribution in [2.24, 2.45) is 5.10 Å². The van der Waals surface area contributed by atoms with Crippen molar-refractivity contribution in [2.75, 3.05) is 6.61 Å². The zero-order chi connectivity index (χ0) is 18.9. The van der Waals surface area contributed by atoms with Gasteiger partial charge in [-0.3, -0.25) is 4.79 Å². The molecule has 1 unspecified atom stereocenters. The van der Waals surface area contributed by atoms with E-state index in [4.69, 9.17) is 27.5 Å². The molecule has 7 heteroatoms. The summed E-state index contributed by atoms with van der Waals surface area (Å²) < 4.78 is 11.8. The normalized spacial score (nSPS) is 11.6. The van der Waals surface area contributed by atoms with Crippen molar-refractivity contribution in [3.8, 4) is 23.8 Å². The van der Waals surface area contributed by atoms with E-state index in [0.29, 0.717) is 22.1 Å². The van der Waals surface area contributed by atoms with Crippen molar-refractivity contribution in [1.29, 1.82) is 0 Å². The minimum Gasteiger partial charge on any atom is -0.481 e. The topological polar surface area (TPSA) is 59.9 Å². The Labute approximate surface area is 165 Å². The molecule has 134 valence electrons. The minimum absolute atomic E-state index is 0.138. The van der Waals surface area contributed by atoms with Crippen molar-refractivity contribution >= 4 is 39.7 Å². The summed E-state index contributed by atoms with van der Waals surface area (Å²) in [6.45, 7) is 1.76. The standard InChI is InChI=1S/C19H16BrClN2O3/c1-3-9-25-18-8-7-15(20)10-14(18)12-22-23-19(24)13(2)26-17-6-4-5-16(21)11-17/h1,4-8,10-13H,9H2,2H3,(H,23,24). The third-order valence-corrected chi connectivity index (χ3v) is 3.87. The van der Waals surface area contributed by atoms with E-state index in [1.54, 1.807) is 43.3 Å². The molecule has 0 aliphatic rings. The molecule has 1 atom stereocenters. The van der Waals surface area contributed by atoms with Crippen LogP contribution in [0.4, 0.5) is 0 Å². The van der Waals surface area contributed by atoms with E-state index in [-0.39, 0.29) is 6.61 Å². The molecule has 2 aromatic carbocycles. The summed E-state index contributed by atoms with van der Waals surface area (Å²) in [5.41, 5.74) is 3.10. The quantitative estimate of drug-likeness (QED) is 0.406. The second kappa shape index (κ2) is 9.85. The molecule has 0 spiro atoms. The summed E-state index contributed by atoms with van der Waals surface area (Å²) in [6.07, 6.45) is 5.93. The van der Waals surface area contributed by atoms with E-state index >= 15 is 0 Å². The van der Waals surface area contributed by atoms with Gasteiger partial charge in [0, 0.05) is 15.1 Å². The van der Waals surface area contributed by atoms with Crippen LogP contribution < -0.4 is 14.9 Å². The van der Waals surface area contributed by atoms with Crippen LogP contribution >= 0.6 is 27.5 Å². The SMILES string of the molecule is C#CCOc1ccc(Br)cc1C=NNC(=O)C(C)Oc1cccc(Cl)c1. The van der Waals surface area contributed by atoms with Gasteiger partial charge in [-0.25, -0.2) is 5.43 Å². The van der Waals surface area contributed by atoms with Crippen molar-refractivity contribution in [3.63, 3.8) is 0 Å². The van der Waals surface area contributed by atoms with E-state index < -0.39 is 12.0 Å². The Morgan fingerprint density at radius 2 is 2.23 bits per heavy atom. The molecule has 1 N–H and O–H groups in total. The Morgan fingerprint density at radius 3 is 2.96 bits per heavy atom. The number of hydrazone groups is 1. The third kappa shape index (κ3) is 6.10. The number of carbonyl (C=O) groups excluding carboxylic acids is 1. The molecule has 26 heavy (non-hydrogen) atoms. The Bertz CT molecular complexity index is 849. The van der Waals surface area contributed by atoms with Gasteiger partial charge in [0.15, 0.2) is 6.10 Å². The van der Waals surface area contributed by atoms with Gasteiger partial charge in [-0.1, -0.05) is 39.5 Å². The number of benzene rings is 2. The van der Waals surface area contributed by atoms with Gasteiger partial charge in [0.2, 0.25) is 0 Å². The fourth-order valence-corrected chi connectivity index (χ4v) is 2.48. The number of terminal acetylenes is 1. The number of hydrogen-bond donors (Lipinski definition) is 1. The number of amides is 1. The van der Waals surface area contributed by atoms with Crippen molar-refractivity contribution in [1.82, 2.24) is 5.43 Å². The van der Waals surface area contributed by atoms with Crippen LogP contribution in [0.2, 0.25) is 5.02 Å². The lowest BCUT2D eigenvalue weighted by Crippen LogP contribution is -2.33. The molecule has 1 amide bonds. The van der Waals surface area contributed by atoms with Gasteiger partial charge in [0.1, 0.15) is 18.1 Å². The monoisotopic (exact) mass is 434 g/mol. The van der Waals surface area contributed by atoms with E-state index in [1.165, 1.54) is 6.21 Å². The van der Waals surface area contributed by atoms with Crippen molar-refractivity contribution in [3.05, 3.63) is 57.5 Å². The van der Waals surface area contributed by atoms with Crippen LogP contribution in [-0.4, -0.2) is 24.8 Å². The minimum atomic E-state index is -0.745. The number of nitrogens with one attached hydrogen (secondary N) is 1. The predicted octanol–water partition coefficient (Wildman–Crippen LogP) is 4.03. The molecular formula is C19H16BrClN2O3. The summed E-state index contributed by atoms with van der Waals surface area (Å²) in [6, 6.07) is 12.2. The van der Waals surface area contributed by atoms with Crippen LogP contribution in [0.25, 0.3) is 0 Å². The van der Waals surface area contributed by atoms with Gasteiger partial charge in [0.05, 0.1) is 6.21 Å². The van der Waals surface area contributed by atoms with Crippen LogP contribution in [-0.2, 0) is 4.79 Å². The summed E-state index contributed by atoms with van der Waals surface area (Å²) in [5.74, 6) is 3.06. The Balaban J connectivity index is 1.98. The van der Waals surface area contributed by atoms with Gasteiger partial charge >= 0.3 is 0 Å². The molecule has 2 aromatic rings. The first-order valence-corrected chi connectivity index (χ1v) is 8.77. The lowest BCUT2D eigenvalue weighted by Gasteiger charge is -2.13. The molecule has 0 fully saturated rings. The highest BCUT2D eigenvalue weighted by Crippen LogP contribution is 2.22. The van der Waals surface area contributed by atoms with Crippen LogP contribution in [0.1, 0.15) is 12.5 Å². The first kappa shape index (κ1) is 19.8. The number of halogens is 2. The maximum absolute atomic E-state index is 12.1. The molecule has 0 radical (unpaired) electrons. The number of nitrogens with zero attached hydrogens (tertiary/aromatic N) is 1. The van der Waals surface area contributed by atoms with E-state index in [9.17, 15) is 4.79 Å². The Hall–Kier alpha value is -2.49. The highest BCUT2D eigenvalue weighted by molar-refractivity contribution is 9.10. The number of carbonyl (C=O) groups is 1. The van der Waals surface area contributed by atoms with Crippen LogP contribution in [0.15, 0.2) is 52.0 Å². The average molecular weight is 436 g/mol. The van der Waals surface area contributed by atoms with Crippen molar-refractivity contribution in [2.45, 2.75) is 13.0 Å². The Morgan fingerprint density at radius 1 is 1.42 bits per heavy atom. The summed E-state index contributed by atoms with van der Waals surface area (Å²) in [7, 11) is 0. The molecule has 0 aromatic heterocycles. The molecule has 0 heterocycles. The van der Waals surface area contributed by atoms with Crippen molar-refractivity contribution < 1.29 is 14.3 Å². The first-order valence-electron chi connectivity index (χ1n) is 7.60. The number of hydrogen-bond acceptors (Lipinski definition) is 4.